The van der Waals surface area contributed by atoms with Gasteiger partial charge < -0.3 is 76.1 Å². The average molecular weight is 1580 g/mol. The molecule has 6 heterocycles. The van der Waals surface area contributed by atoms with E-state index in [1.807, 2.05) is 6.92 Å². The van der Waals surface area contributed by atoms with Gasteiger partial charge in [0.15, 0.2) is 66.4 Å². The van der Waals surface area contributed by atoms with Gasteiger partial charge in [0.05, 0.1) is 88.3 Å². The molecule has 9 aromatic rings. The molecule has 6 aliphatic carbocycles. The maximum atomic E-state index is 14.4. The molecule has 0 amide bonds. The second-order valence-corrected chi connectivity index (χ2v) is 28.3. The van der Waals surface area contributed by atoms with Crippen molar-refractivity contribution in [1.29, 1.82) is 0 Å². The van der Waals surface area contributed by atoms with Gasteiger partial charge in [0, 0.05) is 90.0 Å². The van der Waals surface area contributed by atoms with Crippen LogP contribution < -0.4 is 16.0 Å². The molecule has 0 saturated heterocycles. The number of hydrogen-bond acceptors (Lipinski definition) is 30. The number of aryl methyl sites for hydroxylation is 3. The number of aliphatic hydroxyl groups is 9. The number of ether oxygens (including phenoxy) is 3. The van der Waals surface area contributed by atoms with Crippen molar-refractivity contribution in [3.8, 4) is 0 Å². The highest BCUT2D eigenvalue weighted by Crippen LogP contribution is 2.48. The summed E-state index contributed by atoms with van der Waals surface area (Å²) >= 11 is 1.98. The normalized spacial score (nSPS) is 36.1. The summed E-state index contributed by atoms with van der Waals surface area (Å²) in [6.07, 6.45) is -19.6. The van der Waals surface area contributed by atoms with Crippen molar-refractivity contribution in [3.05, 3.63) is 105 Å². The van der Waals surface area contributed by atoms with Crippen LogP contribution in [0.3, 0.4) is 0 Å². The number of halogens is 3. The quantitative estimate of drug-likeness (QED) is 0.0168. The maximum Gasteiger partial charge on any atom is 0.191 e. The van der Waals surface area contributed by atoms with Gasteiger partial charge in [0.2, 0.25) is 0 Å². The van der Waals surface area contributed by atoms with Gasteiger partial charge >= 0.3 is 0 Å². The monoisotopic (exact) mass is 1580 g/mol. The van der Waals surface area contributed by atoms with Gasteiger partial charge in [-0.25, -0.2) is 57.1 Å². The molecule has 36 heteroatoms. The van der Waals surface area contributed by atoms with Crippen molar-refractivity contribution >= 4 is 86.2 Å². The van der Waals surface area contributed by atoms with Gasteiger partial charge in [-0.3, -0.25) is 0 Å². The second-order valence-electron chi connectivity index (χ2n) is 25.7. The summed E-state index contributed by atoms with van der Waals surface area (Å²) in [5, 5.41) is 125. The van der Waals surface area contributed by atoms with Gasteiger partial charge in [0.25, 0.3) is 0 Å². The third kappa shape index (κ3) is 17.5. The van der Waals surface area contributed by atoms with Crippen LogP contribution in [0.25, 0.3) is 33.5 Å². The lowest BCUT2D eigenvalue weighted by Crippen LogP contribution is -2.33. The molecule has 0 spiro atoms. The first-order valence-electron chi connectivity index (χ1n) is 45.1. The standard InChI is InChI=1S/3C24H31FN6O4S/c3*1-3-8-36-24-27-22(26-16-10-14(16)13-5-4-12(2)15(25)9-13)19-23(28-24)31(30-29-19)17-11-18(35-7-6-32)21(34)20(17)33/h3*4-5,9,14,16-18,20-21,32-34H,3,6-8,10-11H2,1-2H3,(H,26,27,28)/t3*14-,16+,17+,18-,20-,21+/m000/s1/i3D2,6D2,7D2,8D2,14D,16D;3D2,7D2,8D2,14D,16D;10D2,14D,16D. The Hall–Kier alpha value is -7.14. The topological polar surface area (TPSA) is 415 Å². The summed E-state index contributed by atoms with van der Waals surface area (Å²) in [4.78, 5) is 26.2. The highest BCUT2D eigenvalue weighted by Gasteiger charge is 2.49. The Labute approximate surface area is 664 Å². The number of nitrogens with one attached hydrogen (secondary N) is 3. The van der Waals surface area contributed by atoms with Gasteiger partial charge in [-0.1, -0.05) is 108 Å². The molecule has 6 aliphatic rings. The van der Waals surface area contributed by atoms with Crippen LogP contribution >= 0.6 is 35.3 Å². The lowest BCUT2D eigenvalue weighted by atomic mass is 10.1. The Balaban J connectivity index is 0.000000167. The van der Waals surface area contributed by atoms with Crippen LogP contribution in [0.5, 0.6) is 0 Å². The van der Waals surface area contributed by atoms with E-state index in [0.717, 1.165) is 35.7 Å². The minimum absolute atomic E-state index is 0.00891. The first-order valence-corrected chi connectivity index (χ1v) is 36.7. The smallest absolute Gasteiger partial charge is 0.191 e. The lowest BCUT2D eigenvalue weighted by molar-refractivity contribution is -0.0629. The molecular weight excluding hydrogens is 1460 g/mol. The molecule has 582 valence electrons. The van der Waals surface area contributed by atoms with E-state index in [-0.39, 0.29) is 128 Å². The van der Waals surface area contributed by atoms with Crippen molar-refractivity contribution in [3.63, 3.8) is 0 Å². The summed E-state index contributed by atoms with van der Waals surface area (Å²) in [5.74, 6) is -6.80. The lowest BCUT2D eigenvalue weighted by Gasteiger charge is -2.17. The molecule has 6 saturated carbocycles. The van der Waals surface area contributed by atoms with E-state index in [9.17, 15) is 54.0 Å². The predicted molar refractivity (Wildman–Crippen MR) is 398 cm³/mol. The Morgan fingerprint density at radius 3 is 1.24 bits per heavy atom. The minimum atomic E-state index is -3.45. The Morgan fingerprint density at radius 1 is 0.491 bits per heavy atom. The number of hydrogen-bond donors (Lipinski definition) is 12. The SMILES string of the molecule is [2H]C([2H])(C)C([2H])([2H])Sc1nc(N[C@]2([2H])C[C@@]2([2H])c2ccc(C)c(F)c2)c2nnn([C@@H]3C[C@H](OC([2H])([2H])C([2H])([2H])O)[C@@H](O)[C@H]3O)c2n1.[2H]C([2H])(CO)O[C@H]1C[C@@H](n2nnc3c(N[C@]4([2H])C[C@@]4([2H])c4ccc(C)c(F)c4)nc(SC([2H])([2H])C([2H])([2H])C)nc32)[C@H](O)[C@@H]1O.[2H]C1([2H])[C@@]([2H])(Nc2nc(SCCC)nc3c2nnn3[C@@H]2C[C@H](OCCO)[C@@H](O)[C@H]2O)[C@]1([2H])c1ccc(C)c(F)c1. The summed E-state index contributed by atoms with van der Waals surface area (Å²) in [5.41, 5.74) is -3.75. The fourth-order valence-corrected chi connectivity index (χ4v) is 14.2. The highest BCUT2D eigenvalue weighted by molar-refractivity contribution is 7.99. The third-order valence-electron chi connectivity index (χ3n) is 18.5. The molecule has 0 bridgehead atoms. The maximum absolute atomic E-state index is 14.4. The van der Waals surface area contributed by atoms with Crippen LogP contribution in [0.4, 0.5) is 30.6 Å². The molecule has 0 aliphatic heterocycles. The fraction of sp³-hybridized carbons (Fsp3) is 0.583. The molecule has 18 atom stereocenters. The van der Waals surface area contributed by atoms with Crippen molar-refractivity contribution in [2.24, 2.45) is 0 Å². The molecule has 0 radical (unpaired) electrons. The zero-order chi connectivity index (χ0) is 96.1. The Kier molecular flexibility index (Phi) is 17.9. The molecule has 6 fully saturated rings. The predicted octanol–water partition coefficient (Wildman–Crippen LogP) is 6.55. The van der Waals surface area contributed by atoms with Gasteiger partial charge in [0.1, 0.15) is 54.1 Å². The molecule has 6 aromatic heterocycles. The van der Waals surface area contributed by atoms with Gasteiger partial charge in [-0.15, -0.1) is 15.3 Å². The molecule has 30 nitrogen and oxygen atoms in total. The van der Waals surface area contributed by atoms with E-state index in [1.165, 1.54) is 58.9 Å². The molecular formula is C72H93F3N18O12S3. The number of rotatable bonds is 30. The van der Waals surface area contributed by atoms with Crippen molar-refractivity contribution in [1.82, 2.24) is 74.9 Å². The summed E-state index contributed by atoms with van der Waals surface area (Å²) in [7, 11) is 0. The average Bonchev–Trinajstić information content (AvgIpc) is 1.47. The van der Waals surface area contributed by atoms with E-state index >= 15 is 0 Å². The molecule has 0 unspecified atom stereocenters. The van der Waals surface area contributed by atoms with E-state index in [1.54, 1.807) is 26.8 Å². The second kappa shape index (κ2) is 35.1. The van der Waals surface area contributed by atoms with E-state index < -0.39 is 183 Å². The number of anilines is 3. The summed E-state index contributed by atoms with van der Waals surface area (Å²) < 4.78 is 243. The minimum Gasteiger partial charge on any atom is -0.394 e. The first-order chi connectivity index (χ1) is 60.0. The van der Waals surface area contributed by atoms with E-state index in [4.69, 9.17) is 49.5 Å². The zero-order valence-corrected chi connectivity index (χ0v) is 61.0. The van der Waals surface area contributed by atoms with Crippen LogP contribution in [-0.2, 0) is 14.2 Å². The largest absolute Gasteiger partial charge is 0.394 e. The molecule has 15 rings (SSSR count). The Morgan fingerprint density at radius 2 is 0.870 bits per heavy atom. The van der Waals surface area contributed by atoms with Crippen molar-refractivity contribution in [2.45, 2.75) is 223 Å². The van der Waals surface area contributed by atoms with Crippen molar-refractivity contribution < 1.29 is 103 Å². The zero-order valence-electron chi connectivity index (χ0n) is 80.5. The summed E-state index contributed by atoms with van der Waals surface area (Å²) in [6, 6.07) is 3.54. The van der Waals surface area contributed by atoms with Crippen LogP contribution in [0.15, 0.2) is 70.1 Å². The molecule has 3 aromatic carbocycles. The number of aliphatic hydroxyl groups excluding tert-OH is 8. The van der Waals surface area contributed by atoms with Crippen molar-refractivity contribution in [2.75, 3.05) is 72.6 Å². The molecule has 108 heavy (non-hydrogen) atoms. The molecule has 12 N–H and O–H groups in total. The van der Waals surface area contributed by atoms with Gasteiger partial charge in [-0.05, 0) is 111 Å². The van der Waals surface area contributed by atoms with Crippen LogP contribution in [0.1, 0.15) is 178 Å². The van der Waals surface area contributed by atoms with Crippen LogP contribution in [0.2, 0.25) is 0 Å². The first kappa shape index (κ1) is 55.3. The van der Waals surface area contributed by atoms with Crippen LogP contribution in [0, 0.1) is 38.2 Å². The number of thioether (sulfide) groups is 3. The summed E-state index contributed by atoms with van der Waals surface area (Å²) in [6.45, 7) is -1.76. The fourth-order valence-electron chi connectivity index (χ4n) is 12.6. The number of aromatic nitrogens is 15. The number of benzene rings is 3. The highest BCUT2D eigenvalue weighted by atomic mass is 32.2. The third-order valence-corrected chi connectivity index (χ3v) is 20.9. The van der Waals surface area contributed by atoms with E-state index in [2.05, 4.69) is 76.8 Å². The van der Waals surface area contributed by atoms with E-state index in [0.29, 0.717) is 46.0 Å². The number of fused-ring (bicyclic) bond motifs is 3. The number of nitrogens with zero attached hydrogens (tertiary/aromatic N) is 15. The van der Waals surface area contributed by atoms with Crippen LogP contribution in [-0.4, -0.2) is 250 Å². The van der Waals surface area contributed by atoms with Gasteiger partial charge in [-0.2, -0.15) is 0 Å². The Bertz CT molecular complexity index is 5740.